The zero-order chi connectivity index (χ0) is 19.7. The summed E-state index contributed by atoms with van der Waals surface area (Å²) >= 11 is 0. The molecule has 0 aliphatic heterocycles. The number of ether oxygens (including phenoxy) is 2. The SMILES string of the molecule is CC[NH+](CC(=O)NC(C)C)CC(=O)N[C@H](C)c1cc(OC)ccc1OC. The van der Waals surface area contributed by atoms with Crippen molar-refractivity contribution in [3.8, 4) is 11.5 Å². The lowest BCUT2D eigenvalue weighted by Crippen LogP contribution is -3.14. The van der Waals surface area contributed by atoms with E-state index >= 15 is 0 Å². The average Bonchev–Trinajstić information content (AvgIpc) is 2.59. The van der Waals surface area contributed by atoms with E-state index in [2.05, 4.69) is 10.6 Å². The fourth-order valence-electron chi connectivity index (χ4n) is 2.69. The number of likely N-dealkylation sites (N-methyl/N-ethyl adjacent to an activating group) is 1. The van der Waals surface area contributed by atoms with Crippen molar-refractivity contribution in [2.24, 2.45) is 0 Å². The summed E-state index contributed by atoms with van der Waals surface area (Å²) in [5.41, 5.74) is 0.843. The molecule has 1 aromatic rings. The summed E-state index contributed by atoms with van der Waals surface area (Å²) in [5, 5.41) is 5.83. The van der Waals surface area contributed by atoms with E-state index < -0.39 is 0 Å². The Hall–Kier alpha value is -2.28. The third kappa shape index (κ3) is 6.92. The predicted octanol–water partition coefficient (Wildman–Crippen LogP) is 0.310. The lowest BCUT2D eigenvalue weighted by molar-refractivity contribution is -0.881. The number of quaternary nitrogens is 1. The highest BCUT2D eigenvalue weighted by molar-refractivity contribution is 5.79. The topological polar surface area (TPSA) is 81.1 Å². The first-order valence-corrected chi connectivity index (χ1v) is 8.94. The zero-order valence-electron chi connectivity index (χ0n) is 16.6. The fourth-order valence-corrected chi connectivity index (χ4v) is 2.69. The van der Waals surface area contributed by atoms with Crippen LogP contribution in [-0.4, -0.2) is 51.7 Å². The predicted molar refractivity (Wildman–Crippen MR) is 101 cm³/mol. The van der Waals surface area contributed by atoms with Crippen LogP contribution in [0, 0.1) is 0 Å². The maximum Gasteiger partial charge on any atom is 0.275 e. The summed E-state index contributed by atoms with van der Waals surface area (Å²) in [5.74, 6) is 1.23. The van der Waals surface area contributed by atoms with E-state index in [0.29, 0.717) is 18.0 Å². The minimum atomic E-state index is -0.241. The first-order chi connectivity index (χ1) is 12.3. The van der Waals surface area contributed by atoms with Crippen LogP contribution in [0.25, 0.3) is 0 Å². The Morgan fingerprint density at radius 3 is 2.15 bits per heavy atom. The van der Waals surface area contributed by atoms with Crippen molar-refractivity contribution < 1.29 is 24.0 Å². The summed E-state index contributed by atoms with van der Waals surface area (Å²) in [7, 11) is 3.19. The molecule has 2 amide bonds. The molecule has 1 aromatic carbocycles. The minimum Gasteiger partial charge on any atom is -0.497 e. The second kappa shape index (κ2) is 10.7. The summed E-state index contributed by atoms with van der Waals surface area (Å²) in [4.78, 5) is 25.2. The van der Waals surface area contributed by atoms with Gasteiger partial charge in [0.25, 0.3) is 11.8 Å². The largest absolute Gasteiger partial charge is 0.497 e. The Morgan fingerprint density at radius 2 is 1.65 bits per heavy atom. The third-order valence-corrected chi connectivity index (χ3v) is 4.05. The van der Waals surface area contributed by atoms with Gasteiger partial charge in [0.2, 0.25) is 0 Å². The number of methoxy groups -OCH3 is 2. The van der Waals surface area contributed by atoms with Crippen molar-refractivity contribution >= 4 is 11.8 Å². The Balaban J connectivity index is 2.70. The molecule has 26 heavy (non-hydrogen) atoms. The summed E-state index contributed by atoms with van der Waals surface area (Å²) < 4.78 is 10.6. The first kappa shape index (κ1) is 21.8. The quantitative estimate of drug-likeness (QED) is 0.557. The molecule has 0 radical (unpaired) electrons. The van der Waals surface area contributed by atoms with Gasteiger partial charge in [0.05, 0.1) is 26.8 Å². The monoisotopic (exact) mass is 366 g/mol. The van der Waals surface area contributed by atoms with Crippen LogP contribution in [0.4, 0.5) is 0 Å². The number of benzene rings is 1. The van der Waals surface area contributed by atoms with Gasteiger partial charge in [-0.2, -0.15) is 0 Å². The van der Waals surface area contributed by atoms with Crippen molar-refractivity contribution in [2.75, 3.05) is 33.9 Å². The number of rotatable bonds is 10. The van der Waals surface area contributed by atoms with E-state index in [-0.39, 0.29) is 37.0 Å². The van der Waals surface area contributed by atoms with Gasteiger partial charge < -0.3 is 25.0 Å². The molecule has 2 atom stereocenters. The molecule has 0 heterocycles. The second-order valence-electron chi connectivity index (χ2n) is 6.58. The highest BCUT2D eigenvalue weighted by Gasteiger charge is 2.20. The van der Waals surface area contributed by atoms with Crippen LogP contribution in [0.5, 0.6) is 11.5 Å². The number of hydrogen-bond donors (Lipinski definition) is 3. The smallest absolute Gasteiger partial charge is 0.275 e. The van der Waals surface area contributed by atoms with E-state index in [1.165, 1.54) is 0 Å². The standard InChI is InChI=1S/C19H31N3O4/c1-7-22(11-18(23)20-13(2)3)12-19(24)21-14(4)16-10-15(25-5)8-9-17(16)26-6/h8-10,13-14H,7,11-12H2,1-6H3,(H,20,23)(H,21,24)/p+1/t14-/m1/s1. The molecule has 7 nitrogen and oxygen atoms in total. The summed E-state index contributed by atoms with van der Waals surface area (Å²) in [6.07, 6.45) is 0. The van der Waals surface area contributed by atoms with Crippen LogP contribution in [0.1, 0.15) is 39.3 Å². The molecule has 0 aromatic heterocycles. The maximum atomic E-state index is 12.4. The van der Waals surface area contributed by atoms with Crippen LogP contribution in [0.2, 0.25) is 0 Å². The number of hydrogen-bond acceptors (Lipinski definition) is 4. The molecule has 1 rings (SSSR count). The number of carbonyl (C=O) groups is 2. The lowest BCUT2D eigenvalue weighted by atomic mass is 10.1. The zero-order valence-corrected chi connectivity index (χ0v) is 16.6. The van der Waals surface area contributed by atoms with Gasteiger partial charge in [-0.05, 0) is 45.9 Å². The number of nitrogens with one attached hydrogen (secondary N) is 3. The number of amides is 2. The minimum absolute atomic E-state index is 0.0489. The van der Waals surface area contributed by atoms with Gasteiger partial charge in [-0.3, -0.25) is 9.59 Å². The van der Waals surface area contributed by atoms with Gasteiger partial charge in [-0.15, -0.1) is 0 Å². The van der Waals surface area contributed by atoms with Crippen LogP contribution in [-0.2, 0) is 9.59 Å². The van der Waals surface area contributed by atoms with Crippen molar-refractivity contribution in [1.82, 2.24) is 10.6 Å². The molecule has 0 spiro atoms. The van der Waals surface area contributed by atoms with Crippen LogP contribution in [0.3, 0.4) is 0 Å². The molecule has 0 saturated heterocycles. The van der Waals surface area contributed by atoms with Crippen LogP contribution in [0.15, 0.2) is 18.2 Å². The maximum absolute atomic E-state index is 12.4. The molecule has 0 bridgehead atoms. The first-order valence-electron chi connectivity index (χ1n) is 8.94. The fraction of sp³-hybridized carbons (Fsp3) is 0.579. The normalized spacial score (nSPS) is 13.0. The van der Waals surface area contributed by atoms with Gasteiger partial charge in [0, 0.05) is 11.6 Å². The van der Waals surface area contributed by atoms with Gasteiger partial charge in [0.15, 0.2) is 13.1 Å². The molecule has 0 aliphatic carbocycles. The molecular weight excluding hydrogens is 334 g/mol. The lowest BCUT2D eigenvalue weighted by Gasteiger charge is -2.21. The summed E-state index contributed by atoms with van der Waals surface area (Å²) in [6, 6.07) is 5.33. The molecule has 3 N–H and O–H groups in total. The van der Waals surface area contributed by atoms with E-state index in [9.17, 15) is 9.59 Å². The second-order valence-corrected chi connectivity index (χ2v) is 6.58. The highest BCUT2D eigenvalue weighted by Crippen LogP contribution is 2.29. The molecule has 0 saturated carbocycles. The molecule has 0 aliphatic rings. The Labute approximate surface area is 156 Å². The van der Waals surface area contributed by atoms with Crippen LogP contribution >= 0.6 is 0 Å². The van der Waals surface area contributed by atoms with E-state index in [0.717, 1.165) is 10.5 Å². The van der Waals surface area contributed by atoms with E-state index in [4.69, 9.17) is 9.47 Å². The van der Waals surface area contributed by atoms with Gasteiger partial charge in [0.1, 0.15) is 11.5 Å². The van der Waals surface area contributed by atoms with Gasteiger partial charge >= 0.3 is 0 Å². The average molecular weight is 366 g/mol. The van der Waals surface area contributed by atoms with Crippen molar-refractivity contribution in [2.45, 2.75) is 39.8 Å². The molecule has 1 unspecified atom stereocenters. The van der Waals surface area contributed by atoms with Crippen molar-refractivity contribution in [3.05, 3.63) is 23.8 Å². The van der Waals surface area contributed by atoms with Crippen molar-refractivity contribution in [3.63, 3.8) is 0 Å². The van der Waals surface area contributed by atoms with Gasteiger partial charge in [-0.1, -0.05) is 0 Å². The van der Waals surface area contributed by atoms with Crippen LogP contribution < -0.4 is 25.0 Å². The summed E-state index contributed by atoms with van der Waals surface area (Å²) in [6.45, 7) is 8.89. The van der Waals surface area contributed by atoms with Crippen molar-refractivity contribution in [1.29, 1.82) is 0 Å². The molecular formula is C19H32N3O4+. The molecule has 0 fully saturated rings. The Kier molecular flexibility index (Phi) is 8.92. The van der Waals surface area contributed by atoms with E-state index in [1.807, 2.05) is 45.9 Å². The van der Waals surface area contributed by atoms with E-state index in [1.54, 1.807) is 14.2 Å². The highest BCUT2D eigenvalue weighted by atomic mass is 16.5. The van der Waals surface area contributed by atoms with Gasteiger partial charge in [-0.25, -0.2) is 0 Å². The number of carbonyl (C=O) groups excluding carboxylic acids is 2. The Bertz CT molecular complexity index is 604. The molecule has 146 valence electrons. The Morgan fingerprint density at radius 1 is 1.04 bits per heavy atom. The molecule has 7 heteroatoms. The third-order valence-electron chi connectivity index (χ3n) is 4.05.